The van der Waals surface area contributed by atoms with Gasteiger partial charge in [-0.1, -0.05) is 12.1 Å². The van der Waals surface area contributed by atoms with Crippen molar-refractivity contribution in [3.63, 3.8) is 0 Å². The summed E-state index contributed by atoms with van der Waals surface area (Å²) in [5.74, 6) is -4.77. The highest BCUT2D eigenvalue weighted by molar-refractivity contribution is 6.00. The number of nitrogens with one attached hydrogen (secondary N) is 2. The van der Waals surface area contributed by atoms with E-state index in [2.05, 4.69) is 20.7 Å². The molecule has 1 fully saturated rings. The largest absolute Gasteiger partial charge is 0.458 e. The second-order valence-electron chi connectivity index (χ2n) is 13.8. The van der Waals surface area contributed by atoms with Crippen LogP contribution in [0.25, 0.3) is 5.65 Å². The number of carbonyl (C=O) groups is 4. The number of nitrogens with zero attached hydrogens (tertiary/aromatic N) is 4. The average molecular weight is 727 g/mol. The van der Waals surface area contributed by atoms with Gasteiger partial charge in [0.25, 0.3) is 17.7 Å². The monoisotopic (exact) mass is 726 g/mol. The third-order valence-corrected chi connectivity index (χ3v) is 9.10. The summed E-state index contributed by atoms with van der Waals surface area (Å²) in [5.41, 5.74) is -0.541. The van der Waals surface area contributed by atoms with Gasteiger partial charge >= 0.3 is 12.1 Å². The Kier molecular flexibility index (Phi) is 9.53. The molecule has 2 N–H and O–H groups in total. The number of benzene rings is 2. The van der Waals surface area contributed by atoms with E-state index in [0.29, 0.717) is 49.9 Å². The van der Waals surface area contributed by atoms with E-state index < -0.39 is 76.7 Å². The zero-order valence-electron chi connectivity index (χ0n) is 28.7. The molecule has 0 unspecified atom stereocenters. The second-order valence-corrected chi connectivity index (χ2v) is 13.8. The van der Waals surface area contributed by atoms with Crippen molar-refractivity contribution in [2.45, 2.75) is 83.8 Å². The molecule has 0 bridgehead atoms. The number of esters is 1. The minimum atomic E-state index is -4.95. The SMILES string of the molecule is Cc1c(C(=O)N2CCC[C@H]2C(=O)OC(C)(C)C)ccc2c1CC[C@@H]2NC(=O)c1cc(C(=O)NCc2ccc(F)c(C(F)(F)F)c2)nc2c(F)cnn12. The first-order valence-corrected chi connectivity index (χ1v) is 16.6. The second kappa shape index (κ2) is 13.6. The van der Waals surface area contributed by atoms with Crippen molar-refractivity contribution in [3.05, 3.63) is 99.0 Å². The molecule has 3 amide bonds. The zero-order valence-corrected chi connectivity index (χ0v) is 28.7. The van der Waals surface area contributed by atoms with Crippen LogP contribution in [-0.4, -0.2) is 61.4 Å². The lowest BCUT2D eigenvalue weighted by atomic mass is 9.97. The van der Waals surface area contributed by atoms with Gasteiger partial charge in [-0.15, -0.1) is 0 Å². The molecule has 3 heterocycles. The van der Waals surface area contributed by atoms with Crippen LogP contribution in [0.15, 0.2) is 42.6 Å². The first-order valence-electron chi connectivity index (χ1n) is 16.6. The van der Waals surface area contributed by atoms with Gasteiger partial charge in [0.2, 0.25) is 0 Å². The quantitative estimate of drug-likeness (QED) is 0.186. The van der Waals surface area contributed by atoms with Crippen LogP contribution in [0, 0.1) is 18.6 Å². The molecule has 2 atom stereocenters. The molecule has 1 aliphatic carbocycles. The Labute approximate surface area is 294 Å². The van der Waals surface area contributed by atoms with Gasteiger partial charge in [-0.3, -0.25) is 14.4 Å². The van der Waals surface area contributed by atoms with Crippen molar-refractivity contribution < 1.29 is 45.9 Å². The van der Waals surface area contributed by atoms with Crippen molar-refractivity contribution in [2.75, 3.05) is 6.54 Å². The van der Waals surface area contributed by atoms with Crippen molar-refractivity contribution in [3.8, 4) is 0 Å². The summed E-state index contributed by atoms with van der Waals surface area (Å²) in [6.45, 7) is 7.09. The third kappa shape index (κ3) is 7.19. The lowest BCUT2D eigenvalue weighted by Crippen LogP contribution is -2.43. The Hall–Kier alpha value is -5.41. The maximum absolute atomic E-state index is 14.7. The van der Waals surface area contributed by atoms with Gasteiger partial charge in [-0.2, -0.15) is 18.3 Å². The fourth-order valence-corrected chi connectivity index (χ4v) is 6.66. The highest BCUT2D eigenvalue weighted by Gasteiger charge is 2.39. The van der Waals surface area contributed by atoms with Gasteiger partial charge in [-0.25, -0.2) is 23.1 Å². The van der Waals surface area contributed by atoms with Gasteiger partial charge in [0.05, 0.1) is 17.8 Å². The van der Waals surface area contributed by atoms with E-state index in [9.17, 15) is 41.1 Å². The molecule has 6 rings (SSSR count). The average Bonchev–Trinajstić information content (AvgIpc) is 3.82. The van der Waals surface area contributed by atoms with Crippen LogP contribution in [0.3, 0.4) is 0 Å². The van der Waals surface area contributed by atoms with E-state index in [1.807, 2.05) is 6.92 Å². The predicted molar refractivity (Wildman–Crippen MR) is 175 cm³/mol. The molecule has 0 spiro atoms. The lowest BCUT2D eigenvalue weighted by molar-refractivity contribution is -0.159. The number of amides is 3. The maximum atomic E-state index is 14.7. The summed E-state index contributed by atoms with van der Waals surface area (Å²) in [6, 6.07) is 5.56. The third-order valence-electron chi connectivity index (χ3n) is 9.10. The number of carbonyl (C=O) groups excluding carboxylic acids is 4. The van der Waals surface area contributed by atoms with Crippen LogP contribution in [0.5, 0.6) is 0 Å². The Morgan fingerprint density at radius 1 is 0.981 bits per heavy atom. The van der Waals surface area contributed by atoms with E-state index in [1.54, 1.807) is 37.8 Å². The minimum Gasteiger partial charge on any atom is -0.458 e. The van der Waals surface area contributed by atoms with Crippen molar-refractivity contribution in [1.29, 1.82) is 0 Å². The molecule has 16 heteroatoms. The first kappa shape index (κ1) is 36.4. The van der Waals surface area contributed by atoms with E-state index in [-0.39, 0.29) is 17.2 Å². The van der Waals surface area contributed by atoms with Crippen LogP contribution >= 0.6 is 0 Å². The smallest absolute Gasteiger partial charge is 0.419 e. The van der Waals surface area contributed by atoms with Crippen LogP contribution in [-0.2, 0) is 28.7 Å². The molecule has 1 saturated heterocycles. The number of aromatic nitrogens is 3. The fraction of sp³-hybridized carbons (Fsp3) is 0.389. The highest BCUT2D eigenvalue weighted by Crippen LogP contribution is 2.36. The maximum Gasteiger partial charge on any atom is 0.419 e. The summed E-state index contributed by atoms with van der Waals surface area (Å²) < 4.78 is 74.3. The van der Waals surface area contributed by atoms with Crippen LogP contribution in [0.4, 0.5) is 22.0 Å². The number of hydrogen-bond acceptors (Lipinski definition) is 7. The fourth-order valence-electron chi connectivity index (χ4n) is 6.66. The molecule has 2 aromatic carbocycles. The molecular formula is C36H35F5N6O5. The minimum absolute atomic E-state index is 0.0556. The molecule has 2 aromatic heterocycles. The zero-order chi connectivity index (χ0) is 37.7. The number of ether oxygens (including phenoxy) is 1. The molecule has 2 aliphatic rings. The number of alkyl halides is 3. The van der Waals surface area contributed by atoms with Crippen LogP contribution in [0.1, 0.15) is 105 Å². The lowest BCUT2D eigenvalue weighted by Gasteiger charge is -2.28. The van der Waals surface area contributed by atoms with E-state index >= 15 is 0 Å². The van der Waals surface area contributed by atoms with E-state index in [0.717, 1.165) is 39.5 Å². The number of likely N-dealkylation sites (tertiary alicyclic amines) is 1. The number of halogens is 5. The normalized spacial score (nSPS) is 17.3. The van der Waals surface area contributed by atoms with Gasteiger partial charge in [0, 0.05) is 24.7 Å². The summed E-state index contributed by atoms with van der Waals surface area (Å²) in [4.78, 5) is 58.8. The van der Waals surface area contributed by atoms with Crippen molar-refractivity contribution in [2.24, 2.45) is 0 Å². The number of hydrogen-bond donors (Lipinski definition) is 2. The standard InChI is InChI=1S/C36H35F5N6O5/c1-18-20-10-12-26(22(20)9-8-21(18)33(50)46-13-5-6-28(46)34(51)52-35(2,3)4)45-32(49)29-15-27(44-30-25(38)17-43-47(29)30)31(48)42-16-19-7-11-24(37)23(14-19)36(39,40)41/h7-9,11,14-15,17,26,28H,5-6,10,12-13,16H2,1-4H3,(H,42,48)(H,45,49)/t26-,28-/m0/s1. The summed E-state index contributed by atoms with van der Waals surface area (Å²) in [7, 11) is 0. The molecule has 0 radical (unpaired) electrons. The van der Waals surface area contributed by atoms with Gasteiger partial charge < -0.3 is 20.3 Å². The molecule has 274 valence electrons. The summed E-state index contributed by atoms with van der Waals surface area (Å²) in [5, 5.41) is 9.15. The van der Waals surface area contributed by atoms with Crippen molar-refractivity contribution in [1.82, 2.24) is 30.1 Å². The Morgan fingerprint density at radius 3 is 2.44 bits per heavy atom. The first-order chi connectivity index (χ1) is 24.4. The summed E-state index contributed by atoms with van der Waals surface area (Å²) >= 11 is 0. The number of rotatable bonds is 7. The highest BCUT2D eigenvalue weighted by atomic mass is 19.4. The Balaban J connectivity index is 1.20. The van der Waals surface area contributed by atoms with E-state index in [4.69, 9.17) is 4.74 Å². The molecule has 52 heavy (non-hydrogen) atoms. The Morgan fingerprint density at radius 2 is 1.73 bits per heavy atom. The topological polar surface area (TPSA) is 135 Å². The molecular weight excluding hydrogens is 691 g/mol. The van der Waals surface area contributed by atoms with Gasteiger partial charge in [0.1, 0.15) is 28.8 Å². The molecule has 1 aliphatic heterocycles. The van der Waals surface area contributed by atoms with E-state index in [1.165, 1.54) is 0 Å². The van der Waals surface area contributed by atoms with Crippen LogP contribution < -0.4 is 10.6 Å². The predicted octanol–water partition coefficient (Wildman–Crippen LogP) is 5.63. The Bertz CT molecular complexity index is 2110. The summed E-state index contributed by atoms with van der Waals surface area (Å²) in [6.07, 6.45) is -1.97. The van der Waals surface area contributed by atoms with Gasteiger partial charge in [-0.05, 0) is 93.8 Å². The number of fused-ring (bicyclic) bond motifs is 2. The molecule has 11 nitrogen and oxygen atoms in total. The van der Waals surface area contributed by atoms with Crippen LogP contribution in [0.2, 0.25) is 0 Å². The molecule has 0 saturated carbocycles. The van der Waals surface area contributed by atoms with Gasteiger partial charge in [0.15, 0.2) is 11.5 Å². The molecule has 4 aromatic rings. The van der Waals surface area contributed by atoms with Crippen molar-refractivity contribution >= 4 is 29.3 Å².